The molecule has 6 heterocycles. The molecule has 2 bridgehead atoms. The van der Waals surface area contributed by atoms with E-state index in [1.165, 1.54) is 0 Å². The SMILES string of the molecule is C[C@]1(C=O)CC[C@]23CO[C@@]4(CCC5[C@@]6(C)CC[C@H](O[C@@H]7OC[C@H](O[C@@H]8O[C@H](CO[C@@H]9O[C@H](CO)[C@@H](O)[C@H](O)[C@H]9O)[C@@H](O)[C@H](O)[C@H]8O[C@@H]8OC[C@@H](O)[C@H](O)[C@H]8O)[C@H](O)[C@H]7O[C@@H]7O[C@H](CO)[C@@H](O)[C@H](O)[C@H]7O)[C@@](C)(CO)C6CC[C@@]5(C)[C@]4(C)C[C@H]2O)C3C1. The van der Waals surface area contributed by atoms with Crippen LogP contribution in [0.4, 0.5) is 0 Å². The standard InChI is InChI=1S/C58H94O28/c1-52(21-61)12-13-57-23-79-58(31(57)14-52)11-7-30-53(2)9-8-33(54(3,22-62)29(53)6-10-55(30,4)56(58,5)15-32(57)64)84-50-45(86-49-44(75)40(71)36(67)26(17-60)81-49)38(69)28(20-78-50)83-51-46(85-48-42(73)34(65)24(63)18-76-48)41(72)37(68)27(82-51)19-77-47-43(74)39(70)35(66)25(16-59)80-47/h21,24-51,59-60,62-75H,6-20,22-23H2,1-5H3/t24-,25-,26-,27-,28+,29?,30?,31?,32-,33+,34+,35-,36-,37-,38+,39+,40+,41+,42-,43-,44-,45-,46-,47-,48+,49+,50+,51+,52+,53+,54+,55-,56+,57-,58+/m1/s1. The lowest BCUT2D eigenvalue weighted by molar-refractivity contribution is -0.395. The highest BCUT2D eigenvalue weighted by Gasteiger charge is 2.80. The number of aldehydes is 1. The minimum absolute atomic E-state index is 0.00180. The van der Waals surface area contributed by atoms with E-state index in [0.717, 1.165) is 32.0 Å². The highest BCUT2D eigenvalue weighted by molar-refractivity contribution is 5.59. The number of aliphatic hydroxyl groups is 16. The summed E-state index contributed by atoms with van der Waals surface area (Å²) in [5.41, 5.74) is -3.67. The maximum absolute atomic E-state index is 12.6. The van der Waals surface area contributed by atoms with Crippen LogP contribution < -0.4 is 0 Å². The molecule has 6 aliphatic heterocycles. The van der Waals surface area contributed by atoms with E-state index < -0.39 is 214 Å². The molecule has 86 heavy (non-hydrogen) atoms. The van der Waals surface area contributed by atoms with Crippen LogP contribution in [-0.4, -0.2) is 293 Å². The van der Waals surface area contributed by atoms with E-state index in [1.807, 2.05) is 13.8 Å². The van der Waals surface area contributed by atoms with Gasteiger partial charge in [-0.3, -0.25) is 0 Å². The van der Waals surface area contributed by atoms with Crippen molar-refractivity contribution in [3.05, 3.63) is 0 Å². The zero-order valence-corrected chi connectivity index (χ0v) is 49.3. The topological polar surface area (TPSA) is 442 Å². The van der Waals surface area contributed by atoms with Crippen LogP contribution in [-0.2, 0) is 56.9 Å². The molecule has 3 unspecified atom stereocenters. The van der Waals surface area contributed by atoms with Crippen molar-refractivity contribution in [2.24, 2.45) is 50.2 Å². The Morgan fingerprint density at radius 2 is 1.10 bits per heavy atom. The molecular formula is C58H94O28. The molecule has 1 spiro atoms. The summed E-state index contributed by atoms with van der Waals surface area (Å²) in [5.74, 6) is -0.0567. The zero-order chi connectivity index (χ0) is 62.2. The Morgan fingerprint density at radius 3 is 1.77 bits per heavy atom. The first-order valence-electron chi connectivity index (χ1n) is 30.8. The molecule has 0 amide bonds. The van der Waals surface area contributed by atoms with Gasteiger partial charge in [0.05, 0.1) is 64.1 Å². The van der Waals surface area contributed by atoms with Crippen LogP contribution in [0, 0.1) is 50.2 Å². The van der Waals surface area contributed by atoms with E-state index >= 15 is 0 Å². The van der Waals surface area contributed by atoms with Crippen LogP contribution in [0.2, 0.25) is 0 Å². The van der Waals surface area contributed by atoms with Gasteiger partial charge in [-0.1, -0.05) is 34.6 Å². The zero-order valence-electron chi connectivity index (χ0n) is 49.3. The van der Waals surface area contributed by atoms with Crippen molar-refractivity contribution in [3.8, 4) is 0 Å². The molecule has 16 N–H and O–H groups in total. The summed E-state index contributed by atoms with van der Waals surface area (Å²) in [4.78, 5) is 12.6. The van der Waals surface area contributed by atoms with Crippen LogP contribution in [0.5, 0.6) is 0 Å². The van der Waals surface area contributed by atoms with Gasteiger partial charge >= 0.3 is 0 Å². The summed E-state index contributed by atoms with van der Waals surface area (Å²) in [6.45, 7) is 7.55. The molecule has 0 aromatic carbocycles. The number of fused-ring (bicyclic) bond motifs is 4. The molecule has 11 fully saturated rings. The summed E-state index contributed by atoms with van der Waals surface area (Å²) in [6, 6.07) is 0. The van der Waals surface area contributed by atoms with E-state index in [1.54, 1.807) is 0 Å². The highest BCUT2D eigenvalue weighted by Crippen LogP contribution is 2.80. The van der Waals surface area contributed by atoms with Crippen molar-refractivity contribution in [1.29, 1.82) is 0 Å². The number of carbonyl (C=O) groups excluding carboxylic acids is 1. The molecule has 11 rings (SSSR count). The van der Waals surface area contributed by atoms with Gasteiger partial charge in [0.25, 0.3) is 0 Å². The summed E-state index contributed by atoms with van der Waals surface area (Å²) >= 11 is 0. The van der Waals surface area contributed by atoms with Gasteiger partial charge in [0.2, 0.25) is 0 Å². The first kappa shape index (κ1) is 66.1. The molecular weight excluding hydrogens is 1140 g/mol. The Hall–Kier alpha value is -1.41. The number of rotatable bonds is 15. The highest BCUT2D eigenvalue weighted by atomic mass is 16.8. The average Bonchev–Trinajstić information content (AvgIpc) is 1.28. The molecule has 28 heteroatoms. The molecule has 0 radical (unpaired) electrons. The Bertz CT molecular complexity index is 2360. The second-order valence-corrected chi connectivity index (χ2v) is 28.5. The lowest BCUT2D eigenvalue weighted by atomic mass is 9.30. The van der Waals surface area contributed by atoms with E-state index in [0.29, 0.717) is 45.1 Å². The van der Waals surface area contributed by atoms with Crippen LogP contribution in [0.25, 0.3) is 0 Å². The fraction of sp³-hybridized carbons (Fsp3) is 0.983. The molecule has 28 nitrogen and oxygen atoms in total. The monoisotopic (exact) mass is 1240 g/mol. The molecule has 6 saturated heterocycles. The normalized spacial score (nSPS) is 58.2. The van der Waals surface area contributed by atoms with Gasteiger partial charge in [-0.05, 0) is 92.8 Å². The Morgan fingerprint density at radius 1 is 0.512 bits per heavy atom. The molecule has 35 atom stereocenters. The second kappa shape index (κ2) is 24.2. The van der Waals surface area contributed by atoms with Gasteiger partial charge in [-0.25, -0.2) is 0 Å². The molecule has 11 aliphatic rings. The van der Waals surface area contributed by atoms with Crippen LogP contribution in [0.1, 0.15) is 98.8 Å². The first-order chi connectivity index (χ1) is 40.6. The van der Waals surface area contributed by atoms with Crippen molar-refractivity contribution in [2.45, 2.75) is 258 Å². The fourth-order valence-electron chi connectivity index (χ4n) is 18.8. The molecule has 0 aromatic rings. The Labute approximate surface area is 498 Å². The number of hydrogen-bond acceptors (Lipinski definition) is 28. The van der Waals surface area contributed by atoms with E-state index in [9.17, 15) is 86.5 Å². The van der Waals surface area contributed by atoms with Crippen molar-refractivity contribution >= 4 is 6.29 Å². The number of aliphatic hydroxyl groups excluding tert-OH is 16. The lowest BCUT2D eigenvalue weighted by Gasteiger charge is -2.75. The van der Waals surface area contributed by atoms with Crippen molar-refractivity contribution < 1.29 is 139 Å². The molecule has 494 valence electrons. The van der Waals surface area contributed by atoms with Gasteiger partial charge in [-0.2, -0.15) is 0 Å². The minimum atomic E-state index is -2.05. The quantitative estimate of drug-likeness (QED) is 0.0539. The van der Waals surface area contributed by atoms with E-state index in [4.69, 9.17) is 52.1 Å². The average molecular weight is 1240 g/mol. The van der Waals surface area contributed by atoms with Crippen molar-refractivity contribution in [1.82, 2.24) is 0 Å². The fourth-order valence-corrected chi connectivity index (χ4v) is 18.8. The predicted octanol–water partition coefficient (Wildman–Crippen LogP) is -5.10. The van der Waals surface area contributed by atoms with Crippen LogP contribution >= 0.6 is 0 Å². The maximum Gasteiger partial charge on any atom is 0.187 e. The second-order valence-electron chi connectivity index (χ2n) is 28.5. The Kier molecular flexibility index (Phi) is 18.6. The van der Waals surface area contributed by atoms with Gasteiger partial charge < -0.3 is 139 Å². The maximum atomic E-state index is 12.6. The van der Waals surface area contributed by atoms with E-state index in [2.05, 4.69) is 20.8 Å². The number of carbonyl (C=O) groups is 1. The predicted molar refractivity (Wildman–Crippen MR) is 285 cm³/mol. The minimum Gasteiger partial charge on any atom is -0.396 e. The summed E-state index contributed by atoms with van der Waals surface area (Å²) in [5, 5.41) is 176. The number of hydrogen-bond donors (Lipinski definition) is 16. The van der Waals surface area contributed by atoms with Gasteiger partial charge in [0.15, 0.2) is 31.5 Å². The third-order valence-corrected chi connectivity index (χ3v) is 24.2. The van der Waals surface area contributed by atoms with Crippen molar-refractivity contribution in [3.63, 3.8) is 0 Å². The largest absolute Gasteiger partial charge is 0.396 e. The van der Waals surface area contributed by atoms with Crippen molar-refractivity contribution in [2.75, 3.05) is 46.2 Å². The van der Waals surface area contributed by atoms with Gasteiger partial charge in [0, 0.05) is 21.7 Å². The molecule has 5 aliphatic carbocycles. The van der Waals surface area contributed by atoms with Crippen LogP contribution in [0.15, 0.2) is 0 Å². The number of ether oxygens (including phenoxy) is 11. The Balaban J connectivity index is 0.858. The van der Waals surface area contributed by atoms with E-state index in [-0.39, 0.29) is 35.2 Å². The summed E-state index contributed by atoms with van der Waals surface area (Å²) in [7, 11) is 0. The van der Waals surface area contributed by atoms with Crippen LogP contribution in [0.3, 0.4) is 0 Å². The smallest absolute Gasteiger partial charge is 0.187 e. The first-order valence-corrected chi connectivity index (χ1v) is 30.8. The molecule has 5 saturated carbocycles. The lowest BCUT2D eigenvalue weighted by Crippen LogP contribution is -2.74. The van der Waals surface area contributed by atoms with Gasteiger partial charge in [-0.15, -0.1) is 0 Å². The van der Waals surface area contributed by atoms with Gasteiger partial charge in [0.1, 0.15) is 116 Å². The third-order valence-electron chi connectivity index (χ3n) is 24.2. The third kappa shape index (κ3) is 10.3. The summed E-state index contributed by atoms with van der Waals surface area (Å²) < 4.78 is 67.6. The molecule has 0 aromatic heterocycles. The summed E-state index contributed by atoms with van der Waals surface area (Å²) in [6.07, 6.45) is -34.9.